The normalized spacial score (nSPS) is 17.0. The number of halogens is 5. The summed E-state index contributed by atoms with van der Waals surface area (Å²) in [6.07, 6.45) is 3.21. The van der Waals surface area contributed by atoms with Gasteiger partial charge in [0.15, 0.2) is 5.82 Å². The number of aliphatic carboxylic acids is 1. The fourth-order valence-corrected chi connectivity index (χ4v) is 4.82. The molecule has 1 aliphatic carbocycles. The van der Waals surface area contributed by atoms with Crippen molar-refractivity contribution >= 4 is 27.8 Å². The summed E-state index contributed by atoms with van der Waals surface area (Å²) in [4.78, 5) is 21.9. The average molecular weight is 560 g/mol. The van der Waals surface area contributed by atoms with E-state index in [4.69, 9.17) is 15.6 Å². The Bertz CT molecular complexity index is 1850. The van der Waals surface area contributed by atoms with E-state index in [-0.39, 0.29) is 17.9 Å². The summed E-state index contributed by atoms with van der Waals surface area (Å²) < 4.78 is 65.3. The lowest BCUT2D eigenvalue weighted by Gasteiger charge is -2.13. The van der Waals surface area contributed by atoms with Gasteiger partial charge in [0.2, 0.25) is 0 Å². The molecular weight excluding hydrogens is 539 g/mol. The predicted octanol–water partition coefficient (Wildman–Crippen LogP) is 4.41. The van der Waals surface area contributed by atoms with Crippen molar-refractivity contribution in [3.8, 4) is 17.1 Å². The summed E-state index contributed by atoms with van der Waals surface area (Å²) in [5, 5.41) is 15.1. The summed E-state index contributed by atoms with van der Waals surface area (Å²) in [5.74, 6) is -3.24. The smallest absolute Gasteiger partial charge is 0.475 e. The van der Waals surface area contributed by atoms with Crippen LogP contribution in [-0.2, 0) is 11.8 Å². The van der Waals surface area contributed by atoms with Gasteiger partial charge in [0.1, 0.15) is 11.6 Å². The van der Waals surface area contributed by atoms with Crippen molar-refractivity contribution < 1.29 is 31.9 Å². The van der Waals surface area contributed by atoms with Gasteiger partial charge in [0.25, 0.3) is 0 Å². The van der Waals surface area contributed by atoms with Gasteiger partial charge in [-0.2, -0.15) is 18.3 Å². The van der Waals surface area contributed by atoms with Crippen molar-refractivity contribution in [1.82, 2.24) is 23.9 Å². The van der Waals surface area contributed by atoms with Gasteiger partial charge in [-0.1, -0.05) is 12.2 Å². The molecule has 1 aliphatic rings. The van der Waals surface area contributed by atoms with Crippen LogP contribution in [0.15, 0.2) is 65.7 Å². The van der Waals surface area contributed by atoms with E-state index in [0.717, 1.165) is 11.0 Å². The second kappa shape index (κ2) is 9.79. The zero-order valence-corrected chi connectivity index (χ0v) is 20.7. The van der Waals surface area contributed by atoms with Gasteiger partial charge in [0.05, 0.1) is 17.2 Å². The number of carbonyl (C=O) groups is 1. The molecule has 0 spiro atoms. The lowest BCUT2D eigenvalue weighted by molar-refractivity contribution is -0.192. The van der Waals surface area contributed by atoms with Gasteiger partial charge in [0, 0.05) is 47.3 Å². The highest BCUT2D eigenvalue weighted by atomic mass is 19.4. The molecule has 208 valence electrons. The number of carboxylic acids is 1. The van der Waals surface area contributed by atoms with Crippen LogP contribution in [0.5, 0.6) is 0 Å². The van der Waals surface area contributed by atoms with E-state index in [0.29, 0.717) is 34.3 Å². The van der Waals surface area contributed by atoms with Crippen LogP contribution in [-0.4, -0.2) is 47.2 Å². The molecule has 0 saturated heterocycles. The molecule has 0 aliphatic heterocycles. The van der Waals surface area contributed by atoms with E-state index in [1.165, 1.54) is 28.8 Å². The first-order valence-electron chi connectivity index (χ1n) is 11.8. The number of nitrogens with two attached hydrogens (primary N) is 1. The molecule has 2 atom stereocenters. The summed E-state index contributed by atoms with van der Waals surface area (Å²) in [5.41, 5.74) is 8.24. The Kier molecular flexibility index (Phi) is 6.58. The number of benzene rings is 2. The summed E-state index contributed by atoms with van der Waals surface area (Å²) >= 11 is 0. The predicted molar refractivity (Wildman–Crippen MR) is 136 cm³/mol. The number of nitrogens with one attached hydrogen (secondary N) is 1. The molecule has 3 aromatic heterocycles. The molecule has 5 aromatic rings. The number of allylic oxidation sites excluding steroid dienone is 1. The molecule has 2 aromatic carbocycles. The van der Waals surface area contributed by atoms with Gasteiger partial charge < -0.3 is 20.0 Å². The van der Waals surface area contributed by atoms with Crippen molar-refractivity contribution in [3.05, 3.63) is 83.1 Å². The molecule has 3 heterocycles. The summed E-state index contributed by atoms with van der Waals surface area (Å²) in [6, 6.07) is 8.92. The van der Waals surface area contributed by atoms with Gasteiger partial charge in [-0.25, -0.2) is 28.0 Å². The number of carboxylic acid groups (broad SMARTS) is 1. The molecule has 14 heteroatoms. The van der Waals surface area contributed by atoms with Crippen molar-refractivity contribution in [2.24, 2.45) is 12.8 Å². The Labute approximate surface area is 221 Å². The maximum absolute atomic E-state index is 14.3. The van der Waals surface area contributed by atoms with Crippen LogP contribution in [0.4, 0.5) is 22.0 Å². The molecule has 6 rings (SSSR count). The molecule has 4 N–H and O–H groups in total. The average Bonchev–Trinajstić information content (AvgIpc) is 3.63. The van der Waals surface area contributed by atoms with Gasteiger partial charge >= 0.3 is 17.8 Å². The second-order valence-corrected chi connectivity index (χ2v) is 9.24. The maximum atomic E-state index is 14.3. The minimum absolute atomic E-state index is 0.0144. The molecule has 0 amide bonds. The fraction of sp³-hybridized carbons (Fsp3) is 0.192. The zero-order valence-electron chi connectivity index (χ0n) is 20.7. The SMILES string of the molecule is Cn1cc(-c2n[nH]c(=O)n2-c2cn([C@H]3C=C[C@@H](N)C3)c3ccc(F)cc23)c2cc(F)ccc21.O=C(O)C(F)(F)F. The first-order valence-corrected chi connectivity index (χ1v) is 11.8. The molecule has 9 nitrogen and oxygen atoms in total. The number of hydrogen-bond donors (Lipinski definition) is 3. The topological polar surface area (TPSA) is 124 Å². The summed E-state index contributed by atoms with van der Waals surface area (Å²) in [7, 11) is 1.84. The van der Waals surface area contributed by atoms with Crippen LogP contribution >= 0.6 is 0 Å². The molecular formula is C26H21F5N6O3. The van der Waals surface area contributed by atoms with Crippen molar-refractivity contribution in [2.75, 3.05) is 0 Å². The quantitative estimate of drug-likeness (QED) is 0.223. The fourth-order valence-electron chi connectivity index (χ4n) is 4.82. The van der Waals surface area contributed by atoms with Crippen LogP contribution < -0.4 is 11.4 Å². The minimum atomic E-state index is -5.08. The Morgan fingerprint density at radius 3 is 2.27 bits per heavy atom. The lowest BCUT2D eigenvalue weighted by atomic mass is 10.1. The van der Waals surface area contributed by atoms with Crippen molar-refractivity contribution in [3.63, 3.8) is 0 Å². The van der Waals surface area contributed by atoms with E-state index in [2.05, 4.69) is 10.2 Å². The number of nitrogens with zero attached hydrogens (tertiary/aromatic N) is 4. The number of alkyl halides is 3. The lowest BCUT2D eigenvalue weighted by Crippen LogP contribution is -2.21. The number of aryl methyl sites for hydroxylation is 1. The standard InChI is InChI=1S/C24H20F2N6O.C2HF3O2/c1-30-11-19(17-8-13(25)2-6-20(17)30)23-28-29-24(33)32(23)22-12-31(16-5-4-15(27)10-16)21-7-3-14(26)9-18(21)22;3-2(4,5)1(6)7/h2-9,11-12,15-16H,10,27H2,1H3,(H,29,33);(H,6,7)/t15-,16+;/m1./s1. The van der Waals surface area contributed by atoms with Crippen molar-refractivity contribution in [2.45, 2.75) is 24.7 Å². The van der Waals surface area contributed by atoms with E-state index in [9.17, 15) is 26.7 Å². The van der Waals surface area contributed by atoms with Gasteiger partial charge in [-0.3, -0.25) is 0 Å². The molecule has 0 saturated carbocycles. The minimum Gasteiger partial charge on any atom is -0.475 e. The third-order valence-electron chi connectivity index (χ3n) is 6.57. The Morgan fingerprint density at radius 2 is 1.68 bits per heavy atom. The third-order valence-corrected chi connectivity index (χ3v) is 6.57. The molecule has 0 fully saturated rings. The number of aromatic amines is 1. The second-order valence-electron chi connectivity index (χ2n) is 9.24. The van der Waals surface area contributed by atoms with E-state index < -0.39 is 23.7 Å². The first-order chi connectivity index (χ1) is 18.8. The molecule has 40 heavy (non-hydrogen) atoms. The van der Waals surface area contributed by atoms with E-state index in [1.807, 2.05) is 34.5 Å². The van der Waals surface area contributed by atoms with Crippen LogP contribution in [0.3, 0.4) is 0 Å². The van der Waals surface area contributed by atoms with Crippen LogP contribution in [0, 0.1) is 11.6 Å². The Hall–Kier alpha value is -4.72. The van der Waals surface area contributed by atoms with Gasteiger partial charge in [-0.15, -0.1) is 0 Å². The maximum Gasteiger partial charge on any atom is 0.490 e. The number of rotatable bonds is 3. The number of aromatic nitrogens is 5. The summed E-state index contributed by atoms with van der Waals surface area (Å²) in [6.45, 7) is 0. The van der Waals surface area contributed by atoms with E-state index in [1.54, 1.807) is 18.3 Å². The highest BCUT2D eigenvalue weighted by molar-refractivity contribution is 5.96. The Morgan fingerprint density at radius 1 is 1.05 bits per heavy atom. The highest BCUT2D eigenvalue weighted by Crippen LogP contribution is 2.35. The molecule has 0 unspecified atom stereocenters. The van der Waals surface area contributed by atoms with Gasteiger partial charge in [-0.05, 0) is 42.8 Å². The molecule has 0 bridgehead atoms. The van der Waals surface area contributed by atoms with Crippen LogP contribution in [0.2, 0.25) is 0 Å². The van der Waals surface area contributed by atoms with Crippen molar-refractivity contribution in [1.29, 1.82) is 0 Å². The van der Waals surface area contributed by atoms with Crippen LogP contribution in [0.25, 0.3) is 38.9 Å². The number of H-pyrrole nitrogens is 1. The number of fused-ring (bicyclic) bond motifs is 2. The molecule has 0 radical (unpaired) electrons. The zero-order chi connectivity index (χ0) is 28.9. The largest absolute Gasteiger partial charge is 0.490 e. The van der Waals surface area contributed by atoms with E-state index >= 15 is 0 Å². The first kappa shape index (κ1) is 26.9. The third kappa shape index (κ3) is 4.77. The Balaban J connectivity index is 0.000000411. The monoisotopic (exact) mass is 560 g/mol. The highest BCUT2D eigenvalue weighted by Gasteiger charge is 2.38. The number of hydrogen-bond acceptors (Lipinski definition) is 4. The van der Waals surface area contributed by atoms with Crippen LogP contribution in [0.1, 0.15) is 12.5 Å².